The van der Waals surface area contributed by atoms with Gasteiger partial charge in [0.2, 0.25) is 5.91 Å². The molecule has 0 bridgehead atoms. The molecule has 4 heteroatoms. The van der Waals surface area contributed by atoms with Crippen molar-refractivity contribution in [1.82, 2.24) is 10.6 Å². The maximum atomic E-state index is 12.0. The van der Waals surface area contributed by atoms with E-state index in [1.165, 1.54) is 19.3 Å². The van der Waals surface area contributed by atoms with Crippen LogP contribution in [0.5, 0.6) is 5.75 Å². The number of hydrogen-bond acceptors (Lipinski definition) is 3. The zero-order valence-corrected chi connectivity index (χ0v) is 12.4. The van der Waals surface area contributed by atoms with Crippen molar-refractivity contribution in [2.45, 2.75) is 44.7 Å². The van der Waals surface area contributed by atoms with Gasteiger partial charge in [-0.1, -0.05) is 18.2 Å². The molecule has 2 aliphatic rings. The predicted molar refractivity (Wildman–Crippen MR) is 82.1 cm³/mol. The molecule has 2 N–H and O–H groups in total. The number of amides is 1. The molecule has 1 aromatic rings. The van der Waals surface area contributed by atoms with E-state index in [1.807, 2.05) is 24.3 Å². The van der Waals surface area contributed by atoms with Gasteiger partial charge in [-0.15, -0.1) is 0 Å². The average Bonchev–Trinajstić information content (AvgIpc) is 3.20. The second-order valence-corrected chi connectivity index (χ2v) is 6.14. The van der Waals surface area contributed by atoms with Crippen LogP contribution in [0.25, 0.3) is 0 Å². The standard InChI is InChI=1S/C17H24N2O2/c20-17(10-15-5-3-9-18-15)19-11-14-4-1-2-6-16(14)21-12-13-7-8-13/h1-2,4,6,13,15,18H,3,5,7-12H2,(H,19,20). The molecule has 4 nitrogen and oxygen atoms in total. The molecule has 1 aromatic carbocycles. The number of hydrogen-bond donors (Lipinski definition) is 2. The lowest BCUT2D eigenvalue weighted by atomic mass is 10.1. The van der Waals surface area contributed by atoms with Crippen molar-refractivity contribution in [2.75, 3.05) is 13.2 Å². The quantitative estimate of drug-likeness (QED) is 0.809. The molecule has 1 aliphatic carbocycles. The highest BCUT2D eigenvalue weighted by Gasteiger charge is 2.22. The first-order valence-corrected chi connectivity index (χ1v) is 8.02. The largest absolute Gasteiger partial charge is 0.493 e. The van der Waals surface area contributed by atoms with Gasteiger partial charge in [0.25, 0.3) is 0 Å². The summed E-state index contributed by atoms with van der Waals surface area (Å²) in [4.78, 5) is 12.0. The summed E-state index contributed by atoms with van der Waals surface area (Å²) in [6.07, 6.45) is 5.43. The molecule has 1 saturated heterocycles. The molecule has 1 saturated carbocycles. The molecule has 3 rings (SSSR count). The zero-order chi connectivity index (χ0) is 14.5. The van der Waals surface area contributed by atoms with Crippen molar-refractivity contribution in [2.24, 2.45) is 5.92 Å². The summed E-state index contributed by atoms with van der Waals surface area (Å²) < 4.78 is 5.86. The third kappa shape index (κ3) is 4.46. The summed E-state index contributed by atoms with van der Waals surface area (Å²) in [7, 11) is 0. The summed E-state index contributed by atoms with van der Waals surface area (Å²) >= 11 is 0. The van der Waals surface area contributed by atoms with Crippen LogP contribution in [0.15, 0.2) is 24.3 Å². The van der Waals surface area contributed by atoms with Crippen molar-refractivity contribution >= 4 is 5.91 Å². The molecule has 0 spiro atoms. The predicted octanol–water partition coefficient (Wildman–Crippen LogP) is 2.23. The van der Waals surface area contributed by atoms with Crippen molar-refractivity contribution < 1.29 is 9.53 Å². The summed E-state index contributed by atoms with van der Waals surface area (Å²) in [5.74, 6) is 1.76. The average molecular weight is 288 g/mol. The topological polar surface area (TPSA) is 50.4 Å². The Bertz CT molecular complexity index is 479. The lowest BCUT2D eigenvalue weighted by Gasteiger charge is -2.13. The molecule has 114 valence electrons. The summed E-state index contributed by atoms with van der Waals surface area (Å²) in [6, 6.07) is 8.34. The molecule has 1 unspecified atom stereocenters. The normalized spacial score (nSPS) is 21.2. The Morgan fingerprint density at radius 3 is 2.90 bits per heavy atom. The van der Waals surface area contributed by atoms with E-state index in [-0.39, 0.29) is 5.91 Å². The third-order valence-electron chi connectivity index (χ3n) is 4.21. The van der Waals surface area contributed by atoms with E-state index in [9.17, 15) is 4.79 Å². The lowest BCUT2D eigenvalue weighted by Crippen LogP contribution is -2.31. The molecule has 0 radical (unpaired) electrons. The van der Waals surface area contributed by atoms with E-state index in [0.29, 0.717) is 19.0 Å². The highest BCUT2D eigenvalue weighted by molar-refractivity contribution is 5.76. The Labute approximate surface area is 126 Å². The maximum Gasteiger partial charge on any atom is 0.221 e. The van der Waals surface area contributed by atoms with Crippen LogP contribution < -0.4 is 15.4 Å². The summed E-state index contributed by atoms with van der Waals surface area (Å²) in [5, 5.41) is 6.36. The molecule has 1 heterocycles. The smallest absolute Gasteiger partial charge is 0.221 e. The van der Waals surface area contributed by atoms with Crippen LogP contribution >= 0.6 is 0 Å². The van der Waals surface area contributed by atoms with Crippen molar-refractivity contribution in [3.05, 3.63) is 29.8 Å². The number of ether oxygens (including phenoxy) is 1. The van der Waals surface area contributed by atoms with Crippen LogP contribution in [0.3, 0.4) is 0 Å². The molecule has 2 fully saturated rings. The molecular formula is C17H24N2O2. The number of carbonyl (C=O) groups is 1. The van der Waals surface area contributed by atoms with Gasteiger partial charge in [-0.25, -0.2) is 0 Å². The van der Waals surface area contributed by atoms with Crippen molar-refractivity contribution in [3.63, 3.8) is 0 Å². The molecular weight excluding hydrogens is 264 g/mol. The van der Waals surface area contributed by atoms with Crippen LogP contribution in [0.2, 0.25) is 0 Å². The van der Waals surface area contributed by atoms with Gasteiger partial charge in [0.15, 0.2) is 0 Å². The minimum atomic E-state index is 0.117. The second kappa shape index (κ2) is 6.94. The van der Waals surface area contributed by atoms with Crippen LogP contribution in [-0.2, 0) is 11.3 Å². The van der Waals surface area contributed by atoms with Gasteiger partial charge in [-0.05, 0) is 44.2 Å². The Kier molecular flexibility index (Phi) is 4.76. The van der Waals surface area contributed by atoms with Gasteiger partial charge >= 0.3 is 0 Å². The van der Waals surface area contributed by atoms with E-state index >= 15 is 0 Å². The first kappa shape index (κ1) is 14.4. The van der Waals surface area contributed by atoms with Gasteiger partial charge < -0.3 is 15.4 Å². The fourth-order valence-corrected chi connectivity index (χ4v) is 2.70. The Morgan fingerprint density at radius 1 is 1.29 bits per heavy atom. The Morgan fingerprint density at radius 2 is 2.14 bits per heavy atom. The Balaban J connectivity index is 1.47. The molecule has 0 aromatic heterocycles. The van der Waals surface area contributed by atoms with Gasteiger partial charge in [0.05, 0.1) is 6.61 Å². The van der Waals surface area contributed by atoms with Crippen molar-refractivity contribution in [3.8, 4) is 5.75 Å². The van der Waals surface area contributed by atoms with Gasteiger partial charge in [0.1, 0.15) is 5.75 Å². The molecule has 1 amide bonds. The van der Waals surface area contributed by atoms with Gasteiger partial charge in [-0.3, -0.25) is 4.79 Å². The number of para-hydroxylation sites is 1. The first-order valence-electron chi connectivity index (χ1n) is 8.02. The molecule has 21 heavy (non-hydrogen) atoms. The summed E-state index contributed by atoms with van der Waals surface area (Å²) in [6.45, 7) is 2.39. The SMILES string of the molecule is O=C(CC1CCCN1)NCc1ccccc1OCC1CC1. The highest BCUT2D eigenvalue weighted by Crippen LogP contribution is 2.30. The lowest BCUT2D eigenvalue weighted by molar-refractivity contribution is -0.121. The molecule has 1 atom stereocenters. The zero-order valence-electron chi connectivity index (χ0n) is 12.4. The maximum absolute atomic E-state index is 12.0. The van der Waals surface area contributed by atoms with E-state index in [0.717, 1.165) is 36.8 Å². The fraction of sp³-hybridized carbons (Fsp3) is 0.588. The van der Waals surface area contributed by atoms with Crippen LogP contribution in [0, 0.1) is 5.92 Å². The number of rotatable bonds is 7. The van der Waals surface area contributed by atoms with Gasteiger partial charge in [-0.2, -0.15) is 0 Å². The minimum Gasteiger partial charge on any atom is -0.493 e. The first-order chi connectivity index (χ1) is 10.3. The highest BCUT2D eigenvalue weighted by atomic mass is 16.5. The van der Waals surface area contributed by atoms with Gasteiger partial charge in [0, 0.05) is 24.6 Å². The van der Waals surface area contributed by atoms with Crippen molar-refractivity contribution in [1.29, 1.82) is 0 Å². The van der Waals surface area contributed by atoms with Crippen LogP contribution in [0.1, 0.15) is 37.7 Å². The van der Waals surface area contributed by atoms with Crippen LogP contribution in [0.4, 0.5) is 0 Å². The van der Waals surface area contributed by atoms with E-state index in [1.54, 1.807) is 0 Å². The molecule has 1 aliphatic heterocycles. The number of benzene rings is 1. The van der Waals surface area contributed by atoms with E-state index in [2.05, 4.69) is 10.6 Å². The van der Waals surface area contributed by atoms with E-state index < -0.39 is 0 Å². The van der Waals surface area contributed by atoms with Crippen LogP contribution in [-0.4, -0.2) is 25.1 Å². The summed E-state index contributed by atoms with van der Waals surface area (Å²) in [5.41, 5.74) is 1.06. The second-order valence-electron chi connectivity index (χ2n) is 6.14. The minimum absolute atomic E-state index is 0.117. The van der Waals surface area contributed by atoms with E-state index in [4.69, 9.17) is 4.74 Å². The third-order valence-corrected chi connectivity index (χ3v) is 4.21. The Hall–Kier alpha value is -1.55. The fourth-order valence-electron chi connectivity index (χ4n) is 2.70. The monoisotopic (exact) mass is 288 g/mol. The number of carbonyl (C=O) groups excluding carboxylic acids is 1. The number of nitrogens with one attached hydrogen (secondary N) is 2.